The highest BCUT2D eigenvalue weighted by atomic mass is 79.9. The molecule has 0 atom stereocenters. The molecule has 1 aromatic carbocycles. The summed E-state index contributed by atoms with van der Waals surface area (Å²) >= 11 is 3.38. The highest BCUT2D eigenvalue weighted by Crippen LogP contribution is 2.20. The van der Waals surface area contributed by atoms with Crippen molar-refractivity contribution in [3.63, 3.8) is 0 Å². The summed E-state index contributed by atoms with van der Waals surface area (Å²) in [5, 5.41) is 4.38. The Morgan fingerprint density at radius 2 is 2.11 bits per heavy atom. The molecule has 3 aromatic rings. The van der Waals surface area contributed by atoms with Gasteiger partial charge in [-0.1, -0.05) is 12.1 Å². The molecule has 94 valence electrons. The van der Waals surface area contributed by atoms with Gasteiger partial charge in [-0.3, -0.25) is 0 Å². The van der Waals surface area contributed by atoms with Gasteiger partial charge in [0.15, 0.2) is 11.6 Å². The Bertz CT molecular complexity index is 723. The number of anilines is 1. The quantitative estimate of drug-likeness (QED) is 0.732. The number of aromatic nitrogens is 5. The second kappa shape index (κ2) is 4.77. The third-order valence-corrected chi connectivity index (χ3v) is 3.06. The first-order valence-corrected chi connectivity index (χ1v) is 6.27. The maximum atomic E-state index is 5.75. The number of nitrogens with two attached hydrogens (primary N) is 1. The smallest absolute Gasteiger partial charge is 0.181 e. The number of hydrogen-bond acceptors (Lipinski definition) is 5. The predicted molar refractivity (Wildman–Crippen MR) is 74.5 cm³/mol. The highest BCUT2D eigenvalue weighted by Gasteiger charge is 2.09. The molecule has 2 heterocycles. The van der Waals surface area contributed by atoms with Crippen LogP contribution in [0.2, 0.25) is 0 Å². The highest BCUT2D eigenvalue weighted by molar-refractivity contribution is 9.10. The summed E-state index contributed by atoms with van der Waals surface area (Å²) in [5.74, 6) is 1.23. The average Bonchev–Trinajstić information content (AvgIpc) is 2.89. The number of halogens is 1. The normalized spacial score (nSPS) is 10.6. The molecule has 0 spiro atoms. The van der Waals surface area contributed by atoms with Gasteiger partial charge in [-0.25, -0.2) is 19.6 Å². The van der Waals surface area contributed by atoms with E-state index in [9.17, 15) is 0 Å². The van der Waals surface area contributed by atoms with E-state index in [1.54, 1.807) is 17.2 Å². The molecular formula is C12H9BrN6. The summed E-state index contributed by atoms with van der Waals surface area (Å²) in [6.45, 7) is 0. The summed E-state index contributed by atoms with van der Waals surface area (Å²) in [6.07, 6.45) is 4.72. The van der Waals surface area contributed by atoms with Crippen LogP contribution >= 0.6 is 15.9 Å². The van der Waals surface area contributed by atoms with E-state index in [2.05, 4.69) is 36.0 Å². The second-order valence-corrected chi connectivity index (χ2v) is 4.69. The standard InChI is InChI=1S/C12H9BrN6/c13-10-5-15-6-16-12(10)19-7-17-11(18-19)8-2-1-3-9(14)4-8/h1-7H,14H2. The Labute approximate surface area is 117 Å². The summed E-state index contributed by atoms with van der Waals surface area (Å²) in [7, 11) is 0. The Kier molecular flexibility index (Phi) is 2.96. The molecule has 0 radical (unpaired) electrons. The zero-order chi connectivity index (χ0) is 13.2. The maximum absolute atomic E-state index is 5.75. The van der Waals surface area contributed by atoms with E-state index >= 15 is 0 Å². The van der Waals surface area contributed by atoms with E-state index in [-0.39, 0.29) is 0 Å². The third kappa shape index (κ3) is 2.32. The monoisotopic (exact) mass is 316 g/mol. The van der Waals surface area contributed by atoms with Gasteiger partial charge in [0.25, 0.3) is 0 Å². The molecule has 0 aliphatic carbocycles. The second-order valence-electron chi connectivity index (χ2n) is 3.83. The number of rotatable bonds is 2. The van der Waals surface area contributed by atoms with Crippen molar-refractivity contribution in [3.8, 4) is 17.2 Å². The summed E-state index contributed by atoms with van der Waals surface area (Å²) < 4.78 is 2.34. The van der Waals surface area contributed by atoms with Crippen LogP contribution in [0, 0.1) is 0 Å². The summed E-state index contributed by atoms with van der Waals surface area (Å²) in [6, 6.07) is 7.42. The molecule has 0 saturated heterocycles. The Hall–Kier alpha value is -2.28. The topological polar surface area (TPSA) is 82.5 Å². The van der Waals surface area contributed by atoms with Crippen LogP contribution in [0.4, 0.5) is 5.69 Å². The molecule has 7 heteroatoms. The Morgan fingerprint density at radius 3 is 2.89 bits per heavy atom. The van der Waals surface area contributed by atoms with Gasteiger partial charge in [0.05, 0.1) is 4.47 Å². The van der Waals surface area contributed by atoms with Crippen LogP contribution in [0.5, 0.6) is 0 Å². The fraction of sp³-hybridized carbons (Fsp3) is 0. The van der Waals surface area contributed by atoms with Crippen molar-refractivity contribution in [1.29, 1.82) is 0 Å². The van der Waals surface area contributed by atoms with Crippen LogP contribution in [0.3, 0.4) is 0 Å². The molecule has 0 unspecified atom stereocenters. The van der Waals surface area contributed by atoms with Gasteiger partial charge < -0.3 is 5.73 Å². The summed E-state index contributed by atoms with van der Waals surface area (Å²) in [5.41, 5.74) is 7.29. The molecule has 6 nitrogen and oxygen atoms in total. The van der Waals surface area contributed by atoms with Crippen LogP contribution in [0.25, 0.3) is 17.2 Å². The first-order valence-electron chi connectivity index (χ1n) is 5.47. The van der Waals surface area contributed by atoms with Gasteiger partial charge in [0.1, 0.15) is 12.7 Å². The minimum absolute atomic E-state index is 0.595. The van der Waals surface area contributed by atoms with Crippen LogP contribution in [-0.4, -0.2) is 24.7 Å². The molecule has 2 aromatic heterocycles. The minimum atomic E-state index is 0.595. The van der Waals surface area contributed by atoms with Crippen LogP contribution in [0.1, 0.15) is 0 Å². The predicted octanol–water partition coefficient (Wildman–Crippen LogP) is 2.07. The molecule has 2 N–H and O–H groups in total. The van der Waals surface area contributed by atoms with Gasteiger partial charge >= 0.3 is 0 Å². The first-order chi connectivity index (χ1) is 9.24. The third-order valence-electron chi connectivity index (χ3n) is 2.50. The van der Waals surface area contributed by atoms with Crippen molar-refractivity contribution in [1.82, 2.24) is 24.7 Å². The van der Waals surface area contributed by atoms with E-state index in [1.807, 2.05) is 24.3 Å². The number of nitrogen functional groups attached to an aromatic ring is 1. The molecule has 0 bridgehead atoms. The van der Waals surface area contributed by atoms with Gasteiger partial charge in [-0.2, -0.15) is 0 Å². The number of benzene rings is 1. The van der Waals surface area contributed by atoms with Crippen LogP contribution in [-0.2, 0) is 0 Å². The molecule has 0 saturated carbocycles. The lowest BCUT2D eigenvalue weighted by Crippen LogP contribution is -2.00. The number of nitrogens with zero attached hydrogens (tertiary/aromatic N) is 5. The van der Waals surface area contributed by atoms with E-state index < -0.39 is 0 Å². The molecule has 0 fully saturated rings. The largest absolute Gasteiger partial charge is 0.399 e. The van der Waals surface area contributed by atoms with Gasteiger partial charge in [-0.05, 0) is 28.1 Å². The lowest BCUT2D eigenvalue weighted by Gasteiger charge is -2.00. The average molecular weight is 317 g/mol. The molecule has 0 aliphatic rings. The van der Waals surface area contributed by atoms with E-state index in [1.165, 1.54) is 6.33 Å². The van der Waals surface area contributed by atoms with Crippen molar-refractivity contribution >= 4 is 21.6 Å². The van der Waals surface area contributed by atoms with Crippen LogP contribution in [0.15, 0.2) is 47.6 Å². The zero-order valence-corrected chi connectivity index (χ0v) is 11.3. The fourth-order valence-electron chi connectivity index (χ4n) is 1.65. The molecule has 19 heavy (non-hydrogen) atoms. The molecule has 3 rings (SSSR count). The Morgan fingerprint density at radius 1 is 1.21 bits per heavy atom. The van der Waals surface area contributed by atoms with Gasteiger partial charge in [-0.15, -0.1) is 5.10 Å². The lowest BCUT2D eigenvalue weighted by atomic mass is 10.2. The van der Waals surface area contributed by atoms with E-state index in [0.717, 1.165) is 10.0 Å². The van der Waals surface area contributed by atoms with Crippen molar-refractivity contribution in [2.45, 2.75) is 0 Å². The fourth-order valence-corrected chi connectivity index (χ4v) is 2.05. The van der Waals surface area contributed by atoms with Crippen molar-refractivity contribution in [3.05, 3.63) is 47.6 Å². The van der Waals surface area contributed by atoms with Crippen molar-refractivity contribution in [2.24, 2.45) is 0 Å². The molecule has 0 amide bonds. The van der Waals surface area contributed by atoms with Crippen LogP contribution < -0.4 is 5.73 Å². The van der Waals surface area contributed by atoms with Crippen molar-refractivity contribution in [2.75, 3.05) is 5.73 Å². The van der Waals surface area contributed by atoms with E-state index in [4.69, 9.17) is 5.73 Å². The van der Waals surface area contributed by atoms with Gasteiger partial charge in [0.2, 0.25) is 0 Å². The zero-order valence-electron chi connectivity index (χ0n) is 9.73. The molecule has 0 aliphatic heterocycles. The van der Waals surface area contributed by atoms with E-state index in [0.29, 0.717) is 17.3 Å². The summed E-state index contributed by atoms with van der Waals surface area (Å²) in [4.78, 5) is 12.3. The van der Waals surface area contributed by atoms with Gasteiger partial charge in [0, 0.05) is 17.4 Å². The van der Waals surface area contributed by atoms with Crippen molar-refractivity contribution < 1.29 is 0 Å². The Balaban J connectivity index is 2.03. The molecular weight excluding hydrogens is 308 g/mol. The first kappa shape index (κ1) is 11.8. The number of hydrogen-bond donors (Lipinski definition) is 1. The minimum Gasteiger partial charge on any atom is -0.399 e. The lowest BCUT2D eigenvalue weighted by molar-refractivity contribution is 0.834. The SMILES string of the molecule is Nc1cccc(-c2ncn(-c3ncncc3Br)n2)c1. The maximum Gasteiger partial charge on any atom is 0.181 e.